The Bertz CT molecular complexity index is 916. The second kappa shape index (κ2) is 7.79. The average Bonchev–Trinajstić information content (AvgIpc) is 3.08. The van der Waals surface area contributed by atoms with Crippen LogP contribution < -0.4 is 4.74 Å². The first kappa shape index (κ1) is 17.6. The first-order valence-electron chi connectivity index (χ1n) is 7.16. The first-order chi connectivity index (χ1) is 12.1. The number of nitrogens with zero attached hydrogens (tertiary/aromatic N) is 2. The fraction of sp³-hybridized carbons (Fsp3) is 0.118. The molecule has 3 rings (SSSR count). The molecule has 3 aromatic rings. The number of methoxy groups -OCH3 is 1. The number of halogens is 2. The van der Waals surface area contributed by atoms with Gasteiger partial charge in [-0.3, -0.25) is 4.79 Å². The molecule has 1 aromatic heterocycles. The highest BCUT2D eigenvalue weighted by Gasteiger charge is 2.15. The van der Waals surface area contributed by atoms with Crippen LogP contribution in [0.25, 0.3) is 11.5 Å². The molecule has 5 nitrogen and oxygen atoms in total. The van der Waals surface area contributed by atoms with E-state index in [0.717, 1.165) is 27.9 Å². The Kier molecular flexibility index (Phi) is 5.50. The van der Waals surface area contributed by atoms with E-state index in [0.29, 0.717) is 5.89 Å². The minimum Gasteiger partial charge on any atom is -0.494 e. The Morgan fingerprint density at radius 3 is 2.80 bits per heavy atom. The highest BCUT2D eigenvalue weighted by atomic mass is 79.9. The molecule has 2 aromatic carbocycles. The van der Waals surface area contributed by atoms with Gasteiger partial charge < -0.3 is 9.15 Å². The van der Waals surface area contributed by atoms with E-state index in [1.165, 1.54) is 19.2 Å². The van der Waals surface area contributed by atoms with Gasteiger partial charge in [0.1, 0.15) is 0 Å². The molecule has 0 aliphatic heterocycles. The monoisotopic (exact) mass is 422 g/mol. The van der Waals surface area contributed by atoms with Crippen LogP contribution in [0.15, 0.2) is 56.6 Å². The maximum atomic E-state index is 13.7. The summed E-state index contributed by atoms with van der Waals surface area (Å²) in [6.45, 7) is 0. The van der Waals surface area contributed by atoms with Crippen LogP contribution in [0.2, 0.25) is 0 Å². The van der Waals surface area contributed by atoms with E-state index in [1.54, 1.807) is 0 Å². The summed E-state index contributed by atoms with van der Waals surface area (Å²) < 4.78 is 24.9. The maximum Gasteiger partial charge on any atom is 0.277 e. The van der Waals surface area contributed by atoms with Gasteiger partial charge in [0.15, 0.2) is 17.3 Å². The number of hydrogen-bond donors (Lipinski definition) is 0. The zero-order valence-corrected chi connectivity index (χ0v) is 15.4. The Hall–Kier alpha value is -2.19. The van der Waals surface area contributed by atoms with Crippen molar-refractivity contribution in [1.82, 2.24) is 10.2 Å². The third kappa shape index (κ3) is 4.08. The van der Waals surface area contributed by atoms with Gasteiger partial charge in [0.2, 0.25) is 5.89 Å². The molecule has 0 saturated heterocycles. The Morgan fingerprint density at radius 2 is 2.08 bits per heavy atom. The number of benzene rings is 2. The Balaban J connectivity index is 1.67. The Labute approximate surface area is 155 Å². The summed E-state index contributed by atoms with van der Waals surface area (Å²) in [5.41, 5.74) is 1.03. The van der Waals surface area contributed by atoms with Crippen LogP contribution in [0.5, 0.6) is 5.75 Å². The van der Waals surface area contributed by atoms with Crippen molar-refractivity contribution in [3.8, 4) is 17.2 Å². The number of rotatable bonds is 6. The van der Waals surface area contributed by atoms with E-state index >= 15 is 0 Å². The van der Waals surface area contributed by atoms with Crippen molar-refractivity contribution in [2.75, 3.05) is 12.9 Å². The molecular weight excluding hydrogens is 411 g/mol. The number of hydrogen-bond acceptors (Lipinski definition) is 6. The van der Waals surface area contributed by atoms with Crippen LogP contribution in [-0.2, 0) is 0 Å². The SMILES string of the molecule is COc1ccc(C(=O)CSc2nnc(-c3ccccc3Br)o2)cc1F. The van der Waals surface area contributed by atoms with Crippen molar-refractivity contribution < 1.29 is 18.3 Å². The number of aromatic nitrogens is 2. The summed E-state index contributed by atoms with van der Waals surface area (Å²) in [4.78, 5) is 12.2. The quantitative estimate of drug-likeness (QED) is 0.426. The molecule has 0 spiro atoms. The predicted octanol–water partition coefficient (Wildman–Crippen LogP) is 4.62. The lowest BCUT2D eigenvalue weighted by Gasteiger charge is -2.03. The molecule has 0 radical (unpaired) electrons. The molecule has 0 aliphatic carbocycles. The standard InChI is InChI=1S/C17H12BrFN2O3S/c1-23-15-7-6-10(8-13(15)19)14(22)9-25-17-21-20-16(24-17)11-4-2-3-5-12(11)18/h2-8H,9H2,1H3. The molecule has 0 unspecified atom stereocenters. The molecule has 0 bridgehead atoms. The Morgan fingerprint density at radius 1 is 1.28 bits per heavy atom. The number of ether oxygens (including phenoxy) is 1. The van der Waals surface area contributed by atoms with Crippen molar-refractivity contribution in [1.29, 1.82) is 0 Å². The molecule has 25 heavy (non-hydrogen) atoms. The van der Waals surface area contributed by atoms with Gasteiger partial charge in [0.25, 0.3) is 5.22 Å². The minimum atomic E-state index is -0.577. The van der Waals surface area contributed by atoms with E-state index in [9.17, 15) is 9.18 Å². The van der Waals surface area contributed by atoms with Gasteiger partial charge in [-0.1, -0.05) is 23.9 Å². The van der Waals surface area contributed by atoms with Crippen LogP contribution in [-0.4, -0.2) is 28.8 Å². The normalized spacial score (nSPS) is 10.7. The van der Waals surface area contributed by atoms with Gasteiger partial charge in [-0.05, 0) is 46.3 Å². The summed E-state index contributed by atoms with van der Waals surface area (Å²) in [7, 11) is 1.37. The van der Waals surface area contributed by atoms with Gasteiger partial charge in [-0.15, -0.1) is 10.2 Å². The van der Waals surface area contributed by atoms with Gasteiger partial charge in [0.05, 0.1) is 18.4 Å². The zero-order chi connectivity index (χ0) is 17.8. The highest BCUT2D eigenvalue weighted by Crippen LogP contribution is 2.29. The summed E-state index contributed by atoms with van der Waals surface area (Å²) in [5.74, 6) is -0.305. The van der Waals surface area contributed by atoms with E-state index in [1.807, 2.05) is 24.3 Å². The third-order valence-corrected chi connectivity index (χ3v) is 4.82. The lowest BCUT2D eigenvalue weighted by atomic mass is 10.1. The number of ketones is 1. The largest absolute Gasteiger partial charge is 0.494 e. The molecule has 8 heteroatoms. The molecule has 0 fully saturated rings. The van der Waals surface area contributed by atoms with Crippen molar-refractivity contribution in [3.05, 3.63) is 58.3 Å². The van der Waals surface area contributed by atoms with Gasteiger partial charge >= 0.3 is 0 Å². The molecule has 0 aliphatic rings. The topological polar surface area (TPSA) is 65.2 Å². The summed E-state index contributed by atoms with van der Waals surface area (Å²) in [6, 6.07) is 11.6. The molecule has 0 atom stereocenters. The summed E-state index contributed by atoms with van der Waals surface area (Å²) in [6.07, 6.45) is 0. The van der Waals surface area contributed by atoms with Crippen molar-refractivity contribution in [3.63, 3.8) is 0 Å². The van der Waals surface area contributed by atoms with E-state index < -0.39 is 5.82 Å². The van der Waals surface area contributed by atoms with Crippen molar-refractivity contribution in [2.45, 2.75) is 5.22 Å². The second-order valence-corrected chi connectivity index (χ2v) is 6.70. The summed E-state index contributed by atoms with van der Waals surface area (Å²) in [5, 5.41) is 8.17. The molecule has 0 N–H and O–H groups in total. The molecule has 128 valence electrons. The van der Waals surface area contributed by atoms with E-state index in [4.69, 9.17) is 9.15 Å². The molecule has 0 saturated carbocycles. The number of Topliss-reactive ketones (excluding diaryl/α,β-unsaturated/α-hetero) is 1. The average molecular weight is 423 g/mol. The second-order valence-electron chi connectivity index (χ2n) is 4.91. The fourth-order valence-corrected chi connectivity index (χ4v) is 3.17. The lowest BCUT2D eigenvalue weighted by molar-refractivity contribution is 0.102. The number of carbonyl (C=O) groups excluding carboxylic acids is 1. The molecular formula is C17H12BrFN2O3S. The maximum absolute atomic E-state index is 13.7. The molecule has 1 heterocycles. The highest BCUT2D eigenvalue weighted by molar-refractivity contribution is 9.10. The number of thioether (sulfide) groups is 1. The number of carbonyl (C=O) groups is 1. The van der Waals surface area contributed by atoms with Crippen LogP contribution >= 0.6 is 27.7 Å². The van der Waals surface area contributed by atoms with Gasteiger partial charge in [-0.25, -0.2) is 4.39 Å². The van der Waals surface area contributed by atoms with Crippen LogP contribution in [0.4, 0.5) is 4.39 Å². The molecule has 0 amide bonds. The van der Waals surface area contributed by atoms with E-state index in [2.05, 4.69) is 26.1 Å². The van der Waals surface area contributed by atoms with Gasteiger partial charge in [0, 0.05) is 10.0 Å². The van der Waals surface area contributed by atoms with E-state index in [-0.39, 0.29) is 28.1 Å². The first-order valence-corrected chi connectivity index (χ1v) is 8.94. The lowest BCUT2D eigenvalue weighted by Crippen LogP contribution is -2.03. The smallest absolute Gasteiger partial charge is 0.277 e. The summed E-state index contributed by atoms with van der Waals surface area (Å²) >= 11 is 4.52. The van der Waals surface area contributed by atoms with Crippen LogP contribution in [0.1, 0.15) is 10.4 Å². The zero-order valence-electron chi connectivity index (χ0n) is 13.0. The van der Waals surface area contributed by atoms with Crippen molar-refractivity contribution >= 4 is 33.5 Å². The minimum absolute atomic E-state index is 0.0589. The van der Waals surface area contributed by atoms with Crippen molar-refractivity contribution in [2.24, 2.45) is 0 Å². The predicted molar refractivity (Wildman–Crippen MR) is 95.4 cm³/mol. The third-order valence-electron chi connectivity index (χ3n) is 3.31. The van der Waals surface area contributed by atoms with Crippen LogP contribution in [0, 0.1) is 5.82 Å². The van der Waals surface area contributed by atoms with Crippen LogP contribution in [0.3, 0.4) is 0 Å². The fourth-order valence-electron chi connectivity index (χ4n) is 2.06. The van der Waals surface area contributed by atoms with Gasteiger partial charge in [-0.2, -0.15) is 0 Å².